The van der Waals surface area contributed by atoms with E-state index in [-0.39, 0.29) is 18.7 Å². The maximum Gasteiger partial charge on any atom is 0.407 e. The minimum atomic E-state index is -0.428. The van der Waals surface area contributed by atoms with Crippen LogP contribution in [0.4, 0.5) is 4.79 Å². The molecule has 4 nitrogen and oxygen atoms in total. The van der Waals surface area contributed by atoms with Crippen LogP contribution >= 0.6 is 0 Å². The van der Waals surface area contributed by atoms with Crippen LogP contribution in [0.3, 0.4) is 0 Å². The van der Waals surface area contributed by atoms with Crippen molar-refractivity contribution >= 4 is 6.09 Å². The number of ether oxygens (including phenoxy) is 1. The molecule has 2 aliphatic carbocycles. The molecule has 0 bridgehead atoms. The molecule has 2 aliphatic rings. The van der Waals surface area contributed by atoms with Crippen molar-refractivity contribution in [1.82, 2.24) is 5.32 Å². The molecule has 4 atom stereocenters. The molecule has 0 aromatic heterocycles. The third-order valence-corrected chi connectivity index (χ3v) is 4.16. The van der Waals surface area contributed by atoms with Gasteiger partial charge in [0, 0.05) is 12.6 Å². The summed E-state index contributed by atoms with van der Waals surface area (Å²) in [5.41, 5.74) is -0.428. The number of aliphatic hydroxyl groups excluding tert-OH is 1. The van der Waals surface area contributed by atoms with Crippen LogP contribution in [0.2, 0.25) is 0 Å². The van der Waals surface area contributed by atoms with E-state index in [1.807, 2.05) is 20.8 Å². The van der Waals surface area contributed by atoms with Crippen LogP contribution in [-0.4, -0.2) is 29.4 Å². The molecule has 2 N–H and O–H groups in total. The summed E-state index contributed by atoms with van der Waals surface area (Å²) in [5, 5.41) is 12.0. The third kappa shape index (κ3) is 3.16. The number of carbonyl (C=O) groups excluding carboxylic acids is 1. The largest absolute Gasteiger partial charge is 0.444 e. The summed E-state index contributed by atoms with van der Waals surface area (Å²) in [6.07, 6.45) is 4.05. The first-order valence-electron chi connectivity index (χ1n) is 6.99. The number of amides is 1. The van der Waals surface area contributed by atoms with Gasteiger partial charge in [-0.1, -0.05) is 0 Å². The highest BCUT2D eigenvalue weighted by Crippen LogP contribution is 2.50. The van der Waals surface area contributed by atoms with Crippen molar-refractivity contribution in [2.75, 3.05) is 6.61 Å². The highest BCUT2D eigenvalue weighted by Gasteiger charge is 2.48. The van der Waals surface area contributed by atoms with Crippen LogP contribution in [0.1, 0.15) is 46.5 Å². The van der Waals surface area contributed by atoms with Gasteiger partial charge in [-0.05, 0) is 64.2 Å². The van der Waals surface area contributed by atoms with Gasteiger partial charge in [0.05, 0.1) is 0 Å². The van der Waals surface area contributed by atoms with Crippen LogP contribution in [-0.2, 0) is 4.74 Å². The minimum absolute atomic E-state index is 0.286. The molecule has 0 heterocycles. The first kappa shape index (κ1) is 13.7. The van der Waals surface area contributed by atoms with Crippen molar-refractivity contribution in [1.29, 1.82) is 0 Å². The zero-order valence-corrected chi connectivity index (χ0v) is 11.6. The second kappa shape index (κ2) is 5.08. The molecule has 18 heavy (non-hydrogen) atoms. The van der Waals surface area contributed by atoms with Crippen LogP contribution in [0.5, 0.6) is 0 Å². The van der Waals surface area contributed by atoms with E-state index < -0.39 is 5.60 Å². The predicted octanol–water partition coefficient (Wildman–Crippen LogP) is 2.31. The van der Waals surface area contributed by atoms with Gasteiger partial charge in [0.1, 0.15) is 5.60 Å². The van der Waals surface area contributed by atoms with E-state index in [1.54, 1.807) is 0 Å². The standard InChI is InChI=1S/C14H25NO3/c1-14(2,3)18-13(17)15-12-8-10-6-9(4-5-16)7-11(10)12/h9-12,16H,4-8H2,1-3H3,(H,15,17). The number of aliphatic hydroxyl groups is 1. The SMILES string of the molecule is CC(C)(C)OC(=O)NC1CC2CC(CCO)CC21. The number of rotatable bonds is 3. The number of hydrogen-bond donors (Lipinski definition) is 2. The van der Waals surface area contributed by atoms with Crippen LogP contribution in [0, 0.1) is 17.8 Å². The maximum atomic E-state index is 11.7. The van der Waals surface area contributed by atoms with Gasteiger partial charge < -0.3 is 15.2 Å². The number of nitrogens with one attached hydrogen (secondary N) is 1. The quantitative estimate of drug-likeness (QED) is 0.813. The van der Waals surface area contributed by atoms with Gasteiger partial charge >= 0.3 is 6.09 Å². The van der Waals surface area contributed by atoms with Crippen molar-refractivity contribution < 1.29 is 14.6 Å². The van der Waals surface area contributed by atoms with E-state index in [0.717, 1.165) is 25.2 Å². The zero-order chi connectivity index (χ0) is 13.3. The first-order chi connectivity index (χ1) is 8.39. The highest BCUT2D eigenvalue weighted by atomic mass is 16.6. The Labute approximate surface area is 109 Å². The van der Waals surface area contributed by atoms with Gasteiger partial charge in [-0.25, -0.2) is 4.79 Å². The van der Waals surface area contributed by atoms with Crippen LogP contribution in [0.25, 0.3) is 0 Å². The molecule has 2 fully saturated rings. The zero-order valence-electron chi connectivity index (χ0n) is 11.6. The Balaban J connectivity index is 1.75. The Kier molecular flexibility index (Phi) is 3.85. The minimum Gasteiger partial charge on any atom is -0.444 e. The topological polar surface area (TPSA) is 58.6 Å². The third-order valence-electron chi connectivity index (χ3n) is 4.16. The molecular weight excluding hydrogens is 230 g/mol. The Morgan fingerprint density at radius 3 is 2.67 bits per heavy atom. The summed E-state index contributed by atoms with van der Waals surface area (Å²) in [4.78, 5) is 11.7. The Morgan fingerprint density at radius 1 is 1.33 bits per heavy atom. The lowest BCUT2D eigenvalue weighted by Gasteiger charge is -2.40. The monoisotopic (exact) mass is 255 g/mol. The molecular formula is C14H25NO3. The van der Waals surface area contributed by atoms with Gasteiger partial charge in [-0.2, -0.15) is 0 Å². The lowest BCUT2D eigenvalue weighted by molar-refractivity contribution is 0.0385. The van der Waals surface area contributed by atoms with E-state index >= 15 is 0 Å². The van der Waals surface area contributed by atoms with Gasteiger partial charge in [0.15, 0.2) is 0 Å². The first-order valence-corrected chi connectivity index (χ1v) is 6.99. The molecule has 0 spiro atoms. The van der Waals surface area contributed by atoms with Gasteiger partial charge in [-0.3, -0.25) is 0 Å². The molecule has 0 aliphatic heterocycles. The van der Waals surface area contributed by atoms with E-state index in [9.17, 15) is 4.79 Å². The smallest absolute Gasteiger partial charge is 0.407 e. The fourth-order valence-corrected chi connectivity index (χ4v) is 3.39. The van der Waals surface area contributed by atoms with Crippen molar-refractivity contribution in [3.05, 3.63) is 0 Å². The van der Waals surface area contributed by atoms with Crippen molar-refractivity contribution in [3.8, 4) is 0 Å². The molecule has 4 unspecified atom stereocenters. The molecule has 104 valence electrons. The second-order valence-electron chi connectivity index (χ2n) is 6.76. The summed E-state index contributed by atoms with van der Waals surface area (Å²) in [7, 11) is 0. The lowest BCUT2D eigenvalue weighted by atomic mass is 9.71. The molecule has 1 amide bonds. The lowest BCUT2D eigenvalue weighted by Crippen LogP contribution is -2.51. The number of alkyl carbamates (subject to hydrolysis) is 1. The molecule has 2 rings (SSSR count). The fraction of sp³-hybridized carbons (Fsp3) is 0.929. The van der Waals surface area contributed by atoms with Crippen molar-refractivity contribution in [3.63, 3.8) is 0 Å². The van der Waals surface area contributed by atoms with Gasteiger partial charge in [-0.15, -0.1) is 0 Å². The molecule has 0 saturated heterocycles. The maximum absolute atomic E-state index is 11.7. The predicted molar refractivity (Wildman–Crippen MR) is 69.2 cm³/mol. The number of carbonyl (C=O) groups is 1. The Morgan fingerprint density at radius 2 is 2.06 bits per heavy atom. The van der Waals surface area contributed by atoms with Gasteiger partial charge in [0.25, 0.3) is 0 Å². The summed E-state index contributed by atoms with van der Waals surface area (Å²) in [6, 6.07) is 0.286. The summed E-state index contributed by atoms with van der Waals surface area (Å²) < 4.78 is 5.28. The Bertz CT molecular complexity index is 311. The summed E-state index contributed by atoms with van der Waals surface area (Å²) in [5.74, 6) is 2.01. The average Bonchev–Trinajstić information content (AvgIpc) is 2.51. The summed E-state index contributed by atoms with van der Waals surface area (Å²) >= 11 is 0. The van der Waals surface area contributed by atoms with E-state index in [0.29, 0.717) is 11.8 Å². The summed E-state index contributed by atoms with van der Waals surface area (Å²) in [6.45, 7) is 5.92. The molecule has 0 radical (unpaired) electrons. The highest BCUT2D eigenvalue weighted by molar-refractivity contribution is 5.68. The van der Waals surface area contributed by atoms with Crippen LogP contribution in [0.15, 0.2) is 0 Å². The van der Waals surface area contributed by atoms with E-state index in [1.165, 1.54) is 6.42 Å². The van der Waals surface area contributed by atoms with Crippen molar-refractivity contribution in [2.24, 2.45) is 17.8 Å². The number of hydrogen-bond acceptors (Lipinski definition) is 3. The normalized spacial score (nSPS) is 34.7. The number of fused-ring (bicyclic) bond motifs is 1. The Hall–Kier alpha value is -0.770. The van der Waals surface area contributed by atoms with E-state index in [2.05, 4.69) is 5.32 Å². The second-order valence-corrected chi connectivity index (χ2v) is 6.76. The molecule has 2 saturated carbocycles. The van der Waals surface area contributed by atoms with Crippen LogP contribution < -0.4 is 5.32 Å². The molecule has 0 aromatic rings. The van der Waals surface area contributed by atoms with Gasteiger partial charge in [0.2, 0.25) is 0 Å². The molecule has 4 heteroatoms. The van der Waals surface area contributed by atoms with E-state index in [4.69, 9.17) is 9.84 Å². The fourth-order valence-electron chi connectivity index (χ4n) is 3.39. The molecule has 0 aromatic carbocycles. The van der Waals surface area contributed by atoms with Crippen molar-refractivity contribution in [2.45, 2.75) is 58.1 Å². The average molecular weight is 255 g/mol.